The minimum Gasteiger partial charge on any atom is -0.507 e. The SMILES string of the molecule is COc1ccc(C(O)=C2C(=O)C(=O)N(CCCN3CCOCC3)[C@H]2c2ccc(O)c(OC)c2)c(C)c1. The first kappa shape index (κ1) is 25.5. The normalized spacial score (nSPS) is 20.1. The van der Waals surface area contributed by atoms with Gasteiger partial charge in [0.15, 0.2) is 11.5 Å². The van der Waals surface area contributed by atoms with E-state index in [9.17, 15) is 19.8 Å². The molecule has 1 atom stereocenters. The summed E-state index contributed by atoms with van der Waals surface area (Å²) in [7, 11) is 2.98. The van der Waals surface area contributed by atoms with Gasteiger partial charge < -0.3 is 29.3 Å². The van der Waals surface area contributed by atoms with Crippen molar-refractivity contribution >= 4 is 17.4 Å². The van der Waals surface area contributed by atoms with E-state index >= 15 is 0 Å². The highest BCUT2D eigenvalue weighted by molar-refractivity contribution is 6.46. The van der Waals surface area contributed by atoms with Gasteiger partial charge in [-0.05, 0) is 54.8 Å². The predicted molar refractivity (Wildman–Crippen MR) is 133 cm³/mol. The van der Waals surface area contributed by atoms with Crippen LogP contribution in [0.2, 0.25) is 0 Å². The molecule has 2 heterocycles. The number of carbonyl (C=O) groups is 2. The lowest BCUT2D eigenvalue weighted by Crippen LogP contribution is -2.38. The van der Waals surface area contributed by atoms with Crippen molar-refractivity contribution in [2.75, 3.05) is 53.6 Å². The second kappa shape index (κ2) is 11.0. The minimum atomic E-state index is -0.828. The highest BCUT2D eigenvalue weighted by Gasteiger charge is 2.46. The van der Waals surface area contributed by atoms with Gasteiger partial charge in [0.1, 0.15) is 11.5 Å². The third-order valence-electron chi connectivity index (χ3n) is 6.73. The molecule has 36 heavy (non-hydrogen) atoms. The van der Waals surface area contributed by atoms with Crippen LogP contribution in [0.15, 0.2) is 42.0 Å². The highest BCUT2D eigenvalue weighted by Crippen LogP contribution is 2.42. The number of morpholine rings is 1. The monoisotopic (exact) mass is 496 g/mol. The lowest BCUT2D eigenvalue weighted by atomic mass is 9.93. The van der Waals surface area contributed by atoms with Crippen LogP contribution in [0.25, 0.3) is 5.76 Å². The van der Waals surface area contributed by atoms with Crippen LogP contribution >= 0.6 is 0 Å². The Hall–Kier alpha value is -3.56. The lowest BCUT2D eigenvalue weighted by Gasteiger charge is -2.29. The molecule has 0 spiro atoms. The number of phenolic OH excluding ortho intramolecular Hbond substituents is 1. The number of amides is 1. The van der Waals surface area contributed by atoms with Gasteiger partial charge in [0.2, 0.25) is 0 Å². The van der Waals surface area contributed by atoms with Crippen LogP contribution in [0.5, 0.6) is 17.2 Å². The number of methoxy groups -OCH3 is 2. The number of benzene rings is 2. The van der Waals surface area contributed by atoms with Crippen molar-refractivity contribution in [3.05, 3.63) is 58.7 Å². The van der Waals surface area contributed by atoms with Gasteiger partial charge in [-0.1, -0.05) is 6.07 Å². The van der Waals surface area contributed by atoms with Crippen molar-refractivity contribution in [3.63, 3.8) is 0 Å². The Labute approximate surface area is 210 Å². The molecule has 0 unspecified atom stereocenters. The molecule has 2 aromatic carbocycles. The maximum absolute atomic E-state index is 13.3. The summed E-state index contributed by atoms with van der Waals surface area (Å²) in [6.07, 6.45) is 0.653. The number of ketones is 1. The average molecular weight is 497 g/mol. The van der Waals surface area contributed by atoms with E-state index in [0.717, 1.165) is 19.6 Å². The highest BCUT2D eigenvalue weighted by atomic mass is 16.5. The van der Waals surface area contributed by atoms with Crippen molar-refractivity contribution < 1.29 is 34.0 Å². The maximum Gasteiger partial charge on any atom is 0.295 e. The summed E-state index contributed by atoms with van der Waals surface area (Å²) in [6, 6.07) is 8.98. The van der Waals surface area contributed by atoms with E-state index in [4.69, 9.17) is 14.2 Å². The molecule has 0 radical (unpaired) electrons. The number of phenols is 1. The van der Waals surface area contributed by atoms with E-state index in [0.29, 0.717) is 48.6 Å². The van der Waals surface area contributed by atoms with Crippen molar-refractivity contribution in [1.82, 2.24) is 9.80 Å². The number of carbonyl (C=O) groups excluding carboxylic acids is 2. The van der Waals surface area contributed by atoms with E-state index in [-0.39, 0.29) is 22.8 Å². The molecule has 9 nitrogen and oxygen atoms in total. The summed E-state index contributed by atoms with van der Waals surface area (Å²) in [5, 5.41) is 21.5. The van der Waals surface area contributed by atoms with Crippen LogP contribution in [0.4, 0.5) is 0 Å². The second-order valence-electron chi connectivity index (χ2n) is 8.91. The Kier molecular flexibility index (Phi) is 7.81. The standard InChI is InChI=1S/C27H32N2O7/c1-17-15-19(34-2)6-7-20(17)25(31)23-24(18-5-8-21(30)22(16-18)35-3)29(27(33)26(23)32)10-4-9-28-11-13-36-14-12-28/h5-8,15-16,24,30-31H,4,9-14H2,1-3H3/t24-/m0/s1. The molecule has 4 rings (SSSR count). The van der Waals surface area contributed by atoms with Gasteiger partial charge >= 0.3 is 0 Å². The number of Topliss-reactive ketones (excluding diaryl/α,β-unsaturated/α-hetero) is 1. The number of aryl methyl sites for hydroxylation is 1. The summed E-state index contributed by atoms with van der Waals surface area (Å²) in [5.74, 6) is -0.884. The molecule has 2 saturated heterocycles. The summed E-state index contributed by atoms with van der Waals surface area (Å²) in [5.41, 5.74) is 1.71. The summed E-state index contributed by atoms with van der Waals surface area (Å²) < 4.78 is 15.9. The first-order chi connectivity index (χ1) is 17.3. The zero-order chi connectivity index (χ0) is 25.8. The number of ether oxygens (including phenoxy) is 3. The van der Waals surface area contributed by atoms with Gasteiger partial charge in [-0.25, -0.2) is 0 Å². The molecular formula is C27H32N2O7. The van der Waals surface area contributed by atoms with E-state index in [1.807, 2.05) is 0 Å². The molecule has 2 N–H and O–H groups in total. The van der Waals surface area contributed by atoms with Gasteiger partial charge in [-0.3, -0.25) is 14.5 Å². The zero-order valence-corrected chi connectivity index (χ0v) is 20.8. The lowest BCUT2D eigenvalue weighted by molar-refractivity contribution is -0.140. The number of aromatic hydroxyl groups is 1. The molecule has 1 amide bonds. The van der Waals surface area contributed by atoms with Crippen molar-refractivity contribution in [1.29, 1.82) is 0 Å². The van der Waals surface area contributed by atoms with Crippen LogP contribution in [0, 0.1) is 6.92 Å². The molecule has 2 aliphatic heterocycles. The molecule has 0 aliphatic carbocycles. The minimum absolute atomic E-state index is 0.00684. The van der Waals surface area contributed by atoms with Gasteiger partial charge in [-0.2, -0.15) is 0 Å². The van der Waals surface area contributed by atoms with Crippen LogP contribution in [0.1, 0.15) is 29.2 Å². The molecule has 0 aromatic heterocycles. The number of nitrogens with zero attached hydrogens (tertiary/aromatic N) is 2. The molecular weight excluding hydrogens is 464 g/mol. The fourth-order valence-corrected chi connectivity index (χ4v) is 4.78. The second-order valence-corrected chi connectivity index (χ2v) is 8.91. The number of hydrogen-bond donors (Lipinski definition) is 2. The molecule has 2 fully saturated rings. The van der Waals surface area contributed by atoms with Crippen molar-refractivity contribution in [3.8, 4) is 17.2 Å². The number of likely N-dealkylation sites (tertiary alicyclic amines) is 1. The fraction of sp³-hybridized carbons (Fsp3) is 0.407. The quantitative estimate of drug-likeness (QED) is 0.326. The summed E-state index contributed by atoms with van der Waals surface area (Å²) >= 11 is 0. The average Bonchev–Trinajstić information content (AvgIpc) is 3.14. The Morgan fingerprint density at radius 2 is 1.81 bits per heavy atom. The molecule has 0 bridgehead atoms. The smallest absolute Gasteiger partial charge is 0.295 e. The van der Waals surface area contributed by atoms with Gasteiger partial charge in [0.25, 0.3) is 11.7 Å². The number of hydrogen-bond acceptors (Lipinski definition) is 8. The van der Waals surface area contributed by atoms with E-state index < -0.39 is 17.7 Å². The van der Waals surface area contributed by atoms with Crippen molar-refractivity contribution in [2.24, 2.45) is 0 Å². The topological polar surface area (TPSA) is 109 Å². The van der Waals surface area contributed by atoms with E-state index in [2.05, 4.69) is 4.90 Å². The molecule has 9 heteroatoms. The maximum atomic E-state index is 13.3. The largest absolute Gasteiger partial charge is 0.507 e. The van der Waals surface area contributed by atoms with Gasteiger partial charge in [0, 0.05) is 31.7 Å². The Morgan fingerprint density at radius 1 is 1.06 bits per heavy atom. The third kappa shape index (κ3) is 5.03. The number of aliphatic hydroxyl groups excluding tert-OH is 1. The molecule has 0 saturated carbocycles. The van der Waals surface area contributed by atoms with Crippen LogP contribution < -0.4 is 9.47 Å². The summed E-state index contributed by atoms with van der Waals surface area (Å²) in [4.78, 5) is 30.3. The van der Waals surface area contributed by atoms with E-state index in [1.54, 1.807) is 44.4 Å². The Morgan fingerprint density at radius 3 is 2.47 bits per heavy atom. The molecule has 192 valence electrons. The zero-order valence-electron chi connectivity index (χ0n) is 20.8. The predicted octanol–water partition coefficient (Wildman–Crippen LogP) is 2.86. The molecule has 2 aliphatic rings. The van der Waals surface area contributed by atoms with Gasteiger partial charge in [0.05, 0.1) is 39.0 Å². The Balaban J connectivity index is 1.74. The third-order valence-corrected chi connectivity index (χ3v) is 6.73. The van der Waals surface area contributed by atoms with E-state index in [1.165, 1.54) is 18.1 Å². The first-order valence-electron chi connectivity index (χ1n) is 12.0. The van der Waals surface area contributed by atoms with Crippen LogP contribution in [-0.4, -0.2) is 85.3 Å². The molecule has 2 aromatic rings. The summed E-state index contributed by atoms with van der Waals surface area (Å²) in [6.45, 7) is 5.90. The van der Waals surface area contributed by atoms with Crippen molar-refractivity contribution in [2.45, 2.75) is 19.4 Å². The number of rotatable bonds is 8. The van der Waals surface area contributed by atoms with Crippen LogP contribution in [-0.2, 0) is 14.3 Å². The number of aliphatic hydroxyl groups is 1. The fourth-order valence-electron chi connectivity index (χ4n) is 4.78. The van der Waals surface area contributed by atoms with Crippen LogP contribution in [0.3, 0.4) is 0 Å². The van der Waals surface area contributed by atoms with Gasteiger partial charge in [-0.15, -0.1) is 0 Å². The first-order valence-corrected chi connectivity index (χ1v) is 12.0. The Bertz CT molecular complexity index is 1170.